The highest BCUT2D eigenvalue weighted by molar-refractivity contribution is 7.07. The predicted octanol–water partition coefficient (Wildman–Crippen LogP) is 2.99. The minimum absolute atomic E-state index is 0.100. The Kier molecular flexibility index (Phi) is 4.66. The van der Waals surface area contributed by atoms with Crippen molar-refractivity contribution in [3.05, 3.63) is 54.5 Å². The fraction of sp³-hybridized carbons (Fsp3) is 0.312. The number of rotatable bonds is 4. The molecule has 1 saturated heterocycles. The fourth-order valence-electron chi connectivity index (χ4n) is 2.85. The van der Waals surface area contributed by atoms with Gasteiger partial charge in [0.25, 0.3) is 5.91 Å². The summed E-state index contributed by atoms with van der Waals surface area (Å²) < 4.78 is 1.54. The zero-order valence-corrected chi connectivity index (χ0v) is 15.8. The van der Waals surface area contributed by atoms with Crippen molar-refractivity contribution >= 4 is 46.5 Å². The lowest BCUT2D eigenvalue weighted by molar-refractivity contribution is -0.131. The van der Waals surface area contributed by atoms with Gasteiger partial charge in [-0.05, 0) is 26.0 Å². The molecule has 2 heterocycles. The third kappa shape index (κ3) is 3.07. The van der Waals surface area contributed by atoms with Crippen LogP contribution in [-0.2, 0) is 16.9 Å². The second-order valence-electron chi connectivity index (χ2n) is 5.93. The molecular weight excluding hydrogens is 385 g/mol. The quantitative estimate of drug-likeness (QED) is 0.803. The minimum Gasteiger partial charge on any atom is -0.319 e. The molecular formula is C16H15Cl2N3O3S. The Labute approximate surface area is 158 Å². The molecule has 3 amide bonds. The summed E-state index contributed by atoms with van der Waals surface area (Å²) in [6.45, 7) is 3.76. The molecule has 2 aromatic rings. The van der Waals surface area contributed by atoms with Crippen molar-refractivity contribution in [2.75, 3.05) is 6.54 Å². The van der Waals surface area contributed by atoms with Crippen LogP contribution in [0.4, 0.5) is 4.79 Å². The van der Waals surface area contributed by atoms with E-state index in [4.69, 9.17) is 23.2 Å². The molecule has 0 radical (unpaired) electrons. The van der Waals surface area contributed by atoms with E-state index in [1.807, 2.05) is 0 Å². The van der Waals surface area contributed by atoms with Crippen LogP contribution >= 0.6 is 34.5 Å². The third-order valence-corrected chi connectivity index (χ3v) is 5.70. The largest absolute Gasteiger partial charge is 0.325 e. The van der Waals surface area contributed by atoms with Gasteiger partial charge in [-0.2, -0.15) is 0 Å². The molecule has 1 fully saturated rings. The molecule has 0 unspecified atom stereocenters. The van der Waals surface area contributed by atoms with Crippen LogP contribution in [0, 0.1) is 6.92 Å². The van der Waals surface area contributed by atoms with Gasteiger partial charge in [0, 0.05) is 39.8 Å². The van der Waals surface area contributed by atoms with Gasteiger partial charge in [0.15, 0.2) is 0 Å². The van der Waals surface area contributed by atoms with Crippen LogP contribution in [0.3, 0.4) is 0 Å². The Morgan fingerprint density at radius 1 is 1.20 bits per heavy atom. The van der Waals surface area contributed by atoms with Crippen molar-refractivity contribution in [3.63, 3.8) is 0 Å². The lowest BCUT2D eigenvalue weighted by atomic mass is 9.92. The molecule has 0 bridgehead atoms. The van der Waals surface area contributed by atoms with E-state index in [2.05, 4.69) is 5.32 Å². The predicted molar refractivity (Wildman–Crippen MR) is 97.4 cm³/mol. The van der Waals surface area contributed by atoms with Gasteiger partial charge in [0.05, 0.1) is 0 Å². The first kappa shape index (κ1) is 18.0. The van der Waals surface area contributed by atoms with Gasteiger partial charge in [0.1, 0.15) is 5.54 Å². The average molecular weight is 400 g/mol. The number of carbonyl (C=O) groups excluding carboxylic acids is 2. The van der Waals surface area contributed by atoms with Crippen molar-refractivity contribution in [1.29, 1.82) is 0 Å². The molecule has 0 aliphatic carbocycles. The molecule has 6 nitrogen and oxygen atoms in total. The highest BCUT2D eigenvalue weighted by Crippen LogP contribution is 2.34. The summed E-state index contributed by atoms with van der Waals surface area (Å²) in [4.78, 5) is 38.0. The van der Waals surface area contributed by atoms with E-state index in [9.17, 15) is 14.4 Å². The second kappa shape index (κ2) is 6.48. The van der Waals surface area contributed by atoms with Crippen molar-refractivity contribution < 1.29 is 9.59 Å². The molecule has 1 N–H and O–H groups in total. The number of urea groups is 1. The van der Waals surface area contributed by atoms with Gasteiger partial charge in [-0.3, -0.25) is 14.5 Å². The SMILES string of the molecule is Cc1csc(=O)n1CCN1C(=O)N[C@](C)(c2ccc(Cl)cc2Cl)C1=O. The molecule has 0 saturated carbocycles. The molecule has 1 aromatic carbocycles. The molecule has 1 aromatic heterocycles. The minimum atomic E-state index is -1.27. The lowest BCUT2D eigenvalue weighted by Gasteiger charge is -2.23. The molecule has 9 heteroatoms. The van der Waals surface area contributed by atoms with E-state index in [1.54, 1.807) is 31.4 Å². The number of nitrogens with one attached hydrogen (secondary N) is 1. The van der Waals surface area contributed by atoms with Crippen molar-refractivity contribution in [2.45, 2.75) is 25.9 Å². The zero-order valence-electron chi connectivity index (χ0n) is 13.5. The Balaban J connectivity index is 1.85. The maximum atomic E-state index is 12.9. The number of hydrogen-bond acceptors (Lipinski definition) is 4. The monoisotopic (exact) mass is 399 g/mol. The smallest absolute Gasteiger partial charge is 0.319 e. The van der Waals surface area contributed by atoms with Gasteiger partial charge in [0.2, 0.25) is 0 Å². The molecule has 25 heavy (non-hydrogen) atoms. The zero-order chi connectivity index (χ0) is 18.4. The van der Waals surface area contributed by atoms with Crippen LogP contribution in [0.5, 0.6) is 0 Å². The summed E-state index contributed by atoms with van der Waals surface area (Å²) in [5.41, 5.74) is 0.00166. The number of benzene rings is 1. The van der Waals surface area contributed by atoms with E-state index in [-0.39, 0.29) is 18.0 Å². The van der Waals surface area contributed by atoms with E-state index >= 15 is 0 Å². The highest BCUT2D eigenvalue weighted by atomic mass is 35.5. The Hall–Kier alpha value is -1.83. The maximum absolute atomic E-state index is 12.9. The van der Waals surface area contributed by atoms with Gasteiger partial charge in [-0.25, -0.2) is 4.79 Å². The lowest BCUT2D eigenvalue weighted by Crippen LogP contribution is -2.41. The first-order valence-corrected chi connectivity index (χ1v) is 9.12. The van der Waals surface area contributed by atoms with Gasteiger partial charge >= 0.3 is 10.9 Å². The summed E-state index contributed by atoms with van der Waals surface area (Å²) in [5.74, 6) is -0.414. The number of imide groups is 1. The molecule has 0 spiro atoms. The standard InChI is InChI=1S/C16H15Cl2N3O3S/c1-9-8-25-15(24)20(9)5-6-21-13(22)16(2,19-14(21)23)11-4-3-10(17)7-12(11)18/h3-4,7-8H,5-6H2,1-2H3,(H,19,23)/t16-/m1/s1. The first-order chi connectivity index (χ1) is 11.7. The van der Waals surface area contributed by atoms with Gasteiger partial charge < -0.3 is 9.88 Å². The van der Waals surface area contributed by atoms with Crippen LogP contribution in [0.25, 0.3) is 0 Å². The highest BCUT2D eigenvalue weighted by Gasteiger charge is 2.49. The Morgan fingerprint density at radius 2 is 1.92 bits per heavy atom. The first-order valence-electron chi connectivity index (χ1n) is 7.48. The average Bonchev–Trinajstić information content (AvgIpc) is 2.96. The number of carbonyl (C=O) groups is 2. The second-order valence-corrected chi connectivity index (χ2v) is 7.60. The van der Waals surface area contributed by atoms with E-state index < -0.39 is 17.5 Å². The number of hydrogen-bond donors (Lipinski definition) is 1. The van der Waals surface area contributed by atoms with E-state index in [1.165, 1.54) is 10.6 Å². The van der Waals surface area contributed by atoms with Crippen LogP contribution in [-0.4, -0.2) is 28.0 Å². The fourth-order valence-corrected chi connectivity index (χ4v) is 4.21. The van der Waals surface area contributed by atoms with Crippen LogP contribution in [0.1, 0.15) is 18.2 Å². The Bertz CT molecular complexity index is 924. The molecule has 3 rings (SSSR count). The van der Waals surface area contributed by atoms with Crippen LogP contribution in [0.15, 0.2) is 28.4 Å². The number of nitrogens with zero attached hydrogens (tertiary/aromatic N) is 2. The third-order valence-electron chi connectivity index (χ3n) is 4.27. The van der Waals surface area contributed by atoms with Crippen molar-refractivity contribution in [3.8, 4) is 0 Å². The van der Waals surface area contributed by atoms with E-state index in [0.29, 0.717) is 15.6 Å². The summed E-state index contributed by atoms with van der Waals surface area (Å²) in [6.07, 6.45) is 0. The van der Waals surface area contributed by atoms with E-state index in [0.717, 1.165) is 21.9 Å². The number of amides is 3. The summed E-state index contributed by atoms with van der Waals surface area (Å²) in [5, 5.41) is 5.18. The summed E-state index contributed by atoms with van der Waals surface area (Å²) >= 11 is 13.2. The van der Waals surface area contributed by atoms with Gasteiger partial charge in [-0.1, -0.05) is 40.6 Å². The summed E-state index contributed by atoms with van der Waals surface area (Å²) in [6, 6.07) is 4.25. The molecule has 1 aliphatic rings. The van der Waals surface area contributed by atoms with Crippen molar-refractivity contribution in [2.24, 2.45) is 0 Å². The normalized spacial score (nSPS) is 20.2. The summed E-state index contributed by atoms with van der Waals surface area (Å²) in [7, 11) is 0. The number of aryl methyl sites for hydroxylation is 1. The number of thiazole rings is 1. The topological polar surface area (TPSA) is 71.4 Å². The van der Waals surface area contributed by atoms with Gasteiger partial charge in [-0.15, -0.1) is 0 Å². The number of aromatic nitrogens is 1. The molecule has 1 aliphatic heterocycles. The van der Waals surface area contributed by atoms with Crippen LogP contribution < -0.4 is 10.2 Å². The Morgan fingerprint density at radius 3 is 2.52 bits per heavy atom. The molecule has 1 atom stereocenters. The van der Waals surface area contributed by atoms with Crippen LogP contribution in [0.2, 0.25) is 10.0 Å². The molecule has 132 valence electrons. The number of halogens is 2. The maximum Gasteiger partial charge on any atom is 0.325 e. The van der Waals surface area contributed by atoms with Crippen molar-refractivity contribution in [1.82, 2.24) is 14.8 Å².